The van der Waals surface area contributed by atoms with Crippen LogP contribution in [0.5, 0.6) is 0 Å². The first-order valence-electron chi connectivity index (χ1n) is 7.31. The number of nitriles is 1. The zero-order chi connectivity index (χ0) is 16.9. The van der Waals surface area contributed by atoms with Gasteiger partial charge in [0.05, 0.1) is 5.02 Å². The molecule has 8 heteroatoms. The molecule has 3 heterocycles. The summed E-state index contributed by atoms with van der Waals surface area (Å²) in [5, 5.41) is 19.4. The Morgan fingerprint density at radius 1 is 1.21 bits per heavy atom. The molecule has 0 fully saturated rings. The summed E-state index contributed by atoms with van der Waals surface area (Å²) in [5.41, 5.74) is 1.16. The van der Waals surface area contributed by atoms with Gasteiger partial charge in [-0.3, -0.25) is 4.98 Å². The van der Waals surface area contributed by atoms with E-state index in [9.17, 15) is 0 Å². The molecule has 3 rings (SSSR count). The predicted octanol–water partition coefficient (Wildman–Crippen LogP) is 3.82. The van der Waals surface area contributed by atoms with Gasteiger partial charge in [0.25, 0.3) is 0 Å². The molecule has 0 amide bonds. The van der Waals surface area contributed by atoms with Crippen molar-refractivity contribution in [2.24, 2.45) is 0 Å². The van der Waals surface area contributed by atoms with Crippen LogP contribution >= 0.6 is 23.4 Å². The highest BCUT2D eigenvalue weighted by Crippen LogP contribution is 2.29. The fourth-order valence-corrected chi connectivity index (χ4v) is 3.13. The predicted molar refractivity (Wildman–Crippen MR) is 91.6 cm³/mol. The molecule has 0 unspecified atom stereocenters. The van der Waals surface area contributed by atoms with Gasteiger partial charge in [-0.25, -0.2) is 4.98 Å². The quantitative estimate of drug-likeness (QED) is 0.691. The molecule has 0 saturated carbocycles. The fraction of sp³-hybridized carbons (Fsp3) is 0.188. The van der Waals surface area contributed by atoms with Gasteiger partial charge in [-0.2, -0.15) is 5.26 Å². The minimum absolute atomic E-state index is 0.206. The van der Waals surface area contributed by atoms with E-state index in [1.165, 1.54) is 11.8 Å². The first-order chi connectivity index (χ1) is 11.7. The van der Waals surface area contributed by atoms with Gasteiger partial charge in [0.15, 0.2) is 16.7 Å². The second-order valence-corrected chi connectivity index (χ2v) is 6.28. The zero-order valence-electron chi connectivity index (χ0n) is 12.8. The van der Waals surface area contributed by atoms with Crippen LogP contribution in [-0.2, 0) is 6.54 Å². The fourth-order valence-electron chi connectivity index (χ4n) is 2.16. The Hall–Kier alpha value is -2.43. The number of rotatable bonds is 5. The highest BCUT2D eigenvalue weighted by Gasteiger charge is 2.15. The third-order valence-electron chi connectivity index (χ3n) is 3.22. The van der Waals surface area contributed by atoms with Gasteiger partial charge in [-0.05, 0) is 42.4 Å². The van der Waals surface area contributed by atoms with E-state index < -0.39 is 0 Å². The molecule has 6 nitrogen and oxygen atoms in total. The van der Waals surface area contributed by atoms with Gasteiger partial charge < -0.3 is 4.57 Å². The van der Waals surface area contributed by atoms with Crippen LogP contribution in [0.3, 0.4) is 0 Å². The van der Waals surface area contributed by atoms with Crippen molar-refractivity contribution in [1.29, 1.82) is 5.26 Å². The van der Waals surface area contributed by atoms with Crippen LogP contribution in [-0.4, -0.2) is 24.7 Å². The number of pyridine rings is 2. The standard InChI is InChI=1S/C16H13ClN6S/c1-2-9-23-15(11-5-7-19-8-6-11)21-22-16(23)24-14-4-3-12(17)13(10-18)20-14/h3-8H,2,9H2,1H3. The molecule has 24 heavy (non-hydrogen) atoms. The molecule has 0 aliphatic carbocycles. The summed E-state index contributed by atoms with van der Waals surface area (Å²) in [6, 6.07) is 9.22. The van der Waals surface area contributed by atoms with Gasteiger partial charge in [-0.1, -0.05) is 18.5 Å². The van der Waals surface area contributed by atoms with E-state index in [1.54, 1.807) is 24.5 Å². The summed E-state index contributed by atoms with van der Waals surface area (Å²) in [5.74, 6) is 0.788. The highest BCUT2D eigenvalue weighted by atomic mass is 35.5. The average Bonchev–Trinajstić information content (AvgIpc) is 3.00. The molecule has 0 aliphatic heterocycles. The molecule has 0 bridgehead atoms. The van der Waals surface area contributed by atoms with Crippen LogP contribution in [0.25, 0.3) is 11.4 Å². The summed E-state index contributed by atoms with van der Waals surface area (Å²) in [4.78, 5) is 8.28. The first-order valence-corrected chi connectivity index (χ1v) is 8.50. The molecule has 3 aromatic heterocycles. The van der Waals surface area contributed by atoms with E-state index in [4.69, 9.17) is 16.9 Å². The Morgan fingerprint density at radius 3 is 2.71 bits per heavy atom. The van der Waals surface area contributed by atoms with E-state index in [-0.39, 0.29) is 5.69 Å². The summed E-state index contributed by atoms with van der Waals surface area (Å²) >= 11 is 7.29. The lowest BCUT2D eigenvalue weighted by Crippen LogP contribution is -2.02. The maximum atomic E-state index is 9.06. The second-order valence-electron chi connectivity index (χ2n) is 4.89. The van der Waals surface area contributed by atoms with E-state index in [0.717, 1.165) is 29.5 Å². The summed E-state index contributed by atoms with van der Waals surface area (Å²) in [6.45, 7) is 2.88. The number of aromatic nitrogens is 5. The maximum Gasteiger partial charge on any atom is 0.197 e. The lowest BCUT2D eigenvalue weighted by atomic mass is 10.2. The number of halogens is 1. The summed E-state index contributed by atoms with van der Waals surface area (Å²) in [6.07, 6.45) is 4.40. The molecule has 120 valence electrons. The lowest BCUT2D eigenvalue weighted by molar-refractivity contribution is 0.626. The minimum Gasteiger partial charge on any atom is -0.302 e. The number of hydrogen-bond acceptors (Lipinski definition) is 6. The summed E-state index contributed by atoms with van der Waals surface area (Å²) < 4.78 is 2.04. The Kier molecular flexibility index (Phi) is 5.08. The maximum absolute atomic E-state index is 9.06. The van der Waals surface area contributed by atoms with Crippen LogP contribution < -0.4 is 0 Å². The van der Waals surface area contributed by atoms with Crippen molar-refractivity contribution in [3.63, 3.8) is 0 Å². The number of nitrogens with zero attached hydrogens (tertiary/aromatic N) is 6. The molecule has 0 atom stereocenters. The van der Waals surface area contributed by atoms with E-state index in [1.807, 2.05) is 22.8 Å². The average molecular weight is 357 g/mol. The Labute approximate surface area is 148 Å². The molecule has 0 N–H and O–H groups in total. The molecular weight excluding hydrogens is 344 g/mol. The van der Waals surface area contributed by atoms with E-state index >= 15 is 0 Å². The Balaban J connectivity index is 1.97. The summed E-state index contributed by atoms with van der Waals surface area (Å²) in [7, 11) is 0. The van der Waals surface area contributed by atoms with Gasteiger partial charge in [0.1, 0.15) is 11.1 Å². The van der Waals surface area contributed by atoms with Crippen molar-refractivity contribution >= 4 is 23.4 Å². The van der Waals surface area contributed by atoms with Crippen LogP contribution in [0, 0.1) is 11.3 Å². The van der Waals surface area contributed by atoms with Crippen LogP contribution in [0.1, 0.15) is 19.0 Å². The number of hydrogen-bond donors (Lipinski definition) is 0. The van der Waals surface area contributed by atoms with Crippen LogP contribution in [0.4, 0.5) is 0 Å². The van der Waals surface area contributed by atoms with Crippen LogP contribution in [0.2, 0.25) is 5.02 Å². The van der Waals surface area contributed by atoms with E-state index in [0.29, 0.717) is 10.0 Å². The molecule has 3 aromatic rings. The molecule has 0 aliphatic rings. The van der Waals surface area contributed by atoms with Crippen LogP contribution in [0.15, 0.2) is 46.8 Å². The van der Waals surface area contributed by atoms with Crippen molar-refractivity contribution in [2.75, 3.05) is 0 Å². The van der Waals surface area contributed by atoms with E-state index in [2.05, 4.69) is 27.1 Å². The van der Waals surface area contributed by atoms with Gasteiger partial charge >= 0.3 is 0 Å². The monoisotopic (exact) mass is 356 g/mol. The van der Waals surface area contributed by atoms with Crippen molar-refractivity contribution in [1.82, 2.24) is 24.7 Å². The van der Waals surface area contributed by atoms with Gasteiger partial charge in [0.2, 0.25) is 0 Å². The molecular formula is C16H13ClN6S. The SMILES string of the molecule is CCCn1c(Sc2ccc(Cl)c(C#N)n2)nnc1-c1ccncc1. The smallest absolute Gasteiger partial charge is 0.197 e. The highest BCUT2D eigenvalue weighted by molar-refractivity contribution is 7.99. The molecule has 0 aromatic carbocycles. The molecule has 0 saturated heterocycles. The largest absolute Gasteiger partial charge is 0.302 e. The lowest BCUT2D eigenvalue weighted by Gasteiger charge is -2.08. The molecule has 0 radical (unpaired) electrons. The van der Waals surface area contributed by atoms with Crippen molar-refractivity contribution in [3.8, 4) is 17.5 Å². The second kappa shape index (κ2) is 7.43. The van der Waals surface area contributed by atoms with Gasteiger partial charge in [-0.15, -0.1) is 10.2 Å². The molecule has 0 spiro atoms. The minimum atomic E-state index is 0.206. The van der Waals surface area contributed by atoms with Crippen molar-refractivity contribution in [2.45, 2.75) is 30.1 Å². The Morgan fingerprint density at radius 2 is 2.00 bits per heavy atom. The third kappa shape index (κ3) is 3.40. The van der Waals surface area contributed by atoms with Crippen molar-refractivity contribution < 1.29 is 0 Å². The third-order valence-corrected chi connectivity index (χ3v) is 4.45. The zero-order valence-corrected chi connectivity index (χ0v) is 14.4. The normalized spacial score (nSPS) is 10.5. The van der Waals surface area contributed by atoms with Crippen molar-refractivity contribution in [3.05, 3.63) is 47.4 Å². The first kappa shape index (κ1) is 16.4. The Bertz CT molecular complexity index is 887. The topological polar surface area (TPSA) is 80.3 Å². The van der Waals surface area contributed by atoms with Gasteiger partial charge in [0, 0.05) is 24.5 Å².